The molecule has 234 valence electrons. The first-order valence-electron chi connectivity index (χ1n) is 14.9. The van der Waals surface area contributed by atoms with Gasteiger partial charge in [0.15, 0.2) is 11.6 Å². The molecular formula is C37H27Cl4F2NO2. The van der Waals surface area contributed by atoms with Gasteiger partial charge in [0.1, 0.15) is 0 Å². The highest BCUT2D eigenvalue weighted by atomic mass is 35.5. The monoisotopic (exact) mass is 695 g/mol. The number of alkyl halides is 2. The van der Waals surface area contributed by atoms with Crippen LogP contribution in [0, 0.1) is 20.8 Å². The van der Waals surface area contributed by atoms with Crippen molar-refractivity contribution in [1.29, 1.82) is 0 Å². The summed E-state index contributed by atoms with van der Waals surface area (Å²) in [7, 11) is 0. The number of ketones is 2. The lowest BCUT2D eigenvalue weighted by molar-refractivity contribution is -0.0468. The van der Waals surface area contributed by atoms with E-state index in [9.17, 15) is 18.4 Å². The summed E-state index contributed by atoms with van der Waals surface area (Å²) in [4.78, 5) is 29.6. The van der Waals surface area contributed by atoms with Gasteiger partial charge in [0.05, 0.1) is 48.2 Å². The van der Waals surface area contributed by atoms with E-state index in [4.69, 9.17) is 46.4 Å². The van der Waals surface area contributed by atoms with Crippen LogP contribution in [0.2, 0.25) is 20.1 Å². The molecule has 1 spiro atoms. The third-order valence-electron chi connectivity index (χ3n) is 9.67. The summed E-state index contributed by atoms with van der Waals surface area (Å²) in [6, 6.07) is 16.3. The van der Waals surface area contributed by atoms with Crippen molar-refractivity contribution in [2.45, 2.75) is 57.8 Å². The fourth-order valence-electron chi connectivity index (χ4n) is 7.71. The number of nitrogens with zero attached hydrogens (tertiary/aromatic N) is 1. The zero-order valence-electron chi connectivity index (χ0n) is 25.1. The molecule has 1 heterocycles. The summed E-state index contributed by atoms with van der Waals surface area (Å²) in [6.45, 7) is 6.10. The fourth-order valence-corrected chi connectivity index (χ4v) is 8.74. The van der Waals surface area contributed by atoms with Crippen molar-refractivity contribution in [2.24, 2.45) is 0 Å². The first-order valence-corrected chi connectivity index (χ1v) is 16.4. The molecule has 0 saturated heterocycles. The summed E-state index contributed by atoms with van der Waals surface area (Å²) >= 11 is 25.3. The summed E-state index contributed by atoms with van der Waals surface area (Å²) < 4.78 is 29.8. The van der Waals surface area contributed by atoms with Crippen LogP contribution in [-0.4, -0.2) is 17.5 Å². The SMILES string of the molecule is Cc1cc(C)c(N2/C(=C\C=C3C(=O)c4c(Cl)c(Cl)c(Cl)c(Cl)c4C3=O)C3(CCC(F)(F)CC3)c3c2ccc2ccccc32)c(C)c1. The van der Waals surface area contributed by atoms with Crippen LogP contribution >= 0.6 is 46.4 Å². The van der Waals surface area contributed by atoms with Crippen molar-refractivity contribution >= 4 is 80.1 Å². The van der Waals surface area contributed by atoms with Gasteiger partial charge in [-0.05, 0) is 79.3 Å². The molecule has 2 aliphatic carbocycles. The standard InChI is InChI=1S/C37H27Cl4F2NO2/c1-18-16-19(2)33(20(3)17-18)44-24-10-8-21-6-4-5-7-22(21)28(24)36(12-14-37(42,43)15-13-36)25(44)11-9-23-34(45)26-27(35(23)46)30(39)32(41)31(40)29(26)38/h4-11,16-17H,12-15H2,1-3H3/b25-11-. The number of carbonyl (C=O) groups is 2. The summed E-state index contributed by atoms with van der Waals surface area (Å²) in [5, 5.41) is 1.49. The topological polar surface area (TPSA) is 37.4 Å². The lowest BCUT2D eigenvalue weighted by Crippen LogP contribution is -2.38. The number of Topliss-reactive ketones (excluding diaryl/α,β-unsaturated/α-hetero) is 2. The second kappa shape index (κ2) is 10.9. The minimum atomic E-state index is -2.80. The maximum atomic E-state index is 14.9. The van der Waals surface area contributed by atoms with E-state index in [-0.39, 0.29) is 62.5 Å². The van der Waals surface area contributed by atoms with E-state index in [1.807, 2.05) is 57.2 Å². The molecule has 3 aliphatic rings. The second-order valence-electron chi connectivity index (χ2n) is 12.5. The van der Waals surface area contributed by atoms with Gasteiger partial charge in [-0.2, -0.15) is 0 Å². The van der Waals surface area contributed by atoms with Crippen molar-refractivity contribution < 1.29 is 18.4 Å². The van der Waals surface area contributed by atoms with Gasteiger partial charge in [-0.25, -0.2) is 8.78 Å². The van der Waals surface area contributed by atoms with Gasteiger partial charge in [0.25, 0.3) is 0 Å². The van der Waals surface area contributed by atoms with Crippen LogP contribution in [0.15, 0.2) is 72.0 Å². The summed E-state index contributed by atoms with van der Waals surface area (Å²) in [6.07, 6.45) is 2.99. The van der Waals surface area contributed by atoms with Gasteiger partial charge in [-0.3, -0.25) is 9.59 Å². The van der Waals surface area contributed by atoms with Crippen molar-refractivity contribution in [3.63, 3.8) is 0 Å². The molecule has 4 aromatic rings. The molecule has 0 amide bonds. The van der Waals surface area contributed by atoms with Crippen LogP contribution in [0.4, 0.5) is 20.2 Å². The number of allylic oxidation sites excluding steroid dienone is 4. The molecule has 4 aromatic carbocycles. The Morgan fingerprint density at radius 3 is 1.89 bits per heavy atom. The molecule has 46 heavy (non-hydrogen) atoms. The molecule has 7 rings (SSSR count). The number of anilines is 2. The zero-order chi connectivity index (χ0) is 32.9. The number of carbonyl (C=O) groups excluding carboxylic acids is 2. The fraction of sp³-hybridized carbons (Fsp3) is 0.243. The van der Waals surface area contributed by atoms with Crippen LogP contribution in [0.1, 0.15) is 68.7 Å². The van der Waals surface area contributed by atoms with E-state index in [0.29, 0.717) is 0 Å². The second-order valence-corrected chi connectivity index (χ2v) is 14.0. The van der Waals surface area contributed by atoms with Crippen LogP contribution in [0.25, 0.3) is 10.8 Å². The van der Waals surface area contributed by atoms with Crippen LogP contribution in [-0.2, 0) is 5.41 Å². The average molecular weight is 697 g/mol. The lowest BCUT2D eigenvalue weighted by atomic mass is 9.66. The Kier molecular flexibility index (Phi) is 7.45. The maximum Gasteiger partial charge on any atom is 0.248 e. The molecule has 1 fully saturated rings. The first-order chi connectivity index (χ1) is 21.8. The number of aryl methyl sites for hydroxylation is 3. The molecule has 0 atom stereocenters. The van der Waals surface area contributed by atoms with Crippen LogP contribution in [0.3, 0.4) is 0 Å². The Morgan fingerprint density at radius 1 is 0.739 bits per heavy atom. The third-order valence-corrected chi connectivity index (χ3v) is 11.5. The van der Waals surface area contributed by atoms with E-state index < -0.39 is 22.9 Å². The molecule has 0 aromatic heterocycles. The quantitative estimate of drug-likeness (QED) is 0.0906. The zero-order valence-corrected chi connectivity index (χ0v) is 28.2. The largest absolute Gasteiger partial charge is 0.312 e. The molecule has 0 radical (unpaired) electrons. The number of rotatable bonds is 2. The third kappa shape index (κ3) is 4.50. The Bertz CT molecular complexity index is 2030. The van der Waals surface area contributed by atoms with Crippen molar-refractivity contribution in [3.8, 4) is 0 Å². The number of fused-ring (bicyclic) bond motifs is 5. The Balaban J connectivity index is 1.52. The Morgan fingerprint density at radius 2 is 1.30 bits per heavy atom. The van der Waals surface area contributed by atoms with E-state index in [1.165, 1.54) is 6.08 Å². The smallest absolute Gasteiger partial charge is 0.248 e. The van der Waals surface area contributed by atoms with Crippen molar-refractivity contribution in [2.75, 3.05) is 4.90 Å². The van der Waals surface area contributed by atoms with Crippen molar-refractivity contribution in [3.05, 3.63) is 125 Å². The minimum Gasteiger partial charge on any atom is -0.312 e. The lowest BCUT2D eigenvalue weighted by Gasteiger charge is -2.40. The summed E-state index contributed by atoms with van der Waals surface area (Å²) in [5.74, 6) is -4.04. The number of hydrogen-bond donors (Lipinski definition) is 0. The Labute approximate surface area is 285 Å². The molecule has 0 unspecified atom stereocenters. The number of hydrogen-bond acceptors (Lipinski definition) is 3. The van der Waals surface area contributed by atoms with Gasteiger partial charge in [-0.15, -0.1) is 0 Å². The predicted octanol–water partition coefficient (Wildman–Crippen LogP) is 11.9. The number of benzene rings is 4. The van der Waals surface area contributed by atoms with Gasteiger partial charge in [0, 0.05) is 24.0 Å². The average Bonchev–Trinajstić information content (AvgIpc) is 3.42. The first kappa shape index (κ1) is 31.4. The molecule has 0 N–H and O–H groups in total. The van der Waals surface area contributed by atoms with Gasteiger partial charge < -0.3 is 4.90 Å². The van der Waals surface area contributed by atoms with Crippen LogP contribution < -0.4 is 4.90 Å². The minimum absolute atomic E-state index is 0.0921. The van der Waals surface area contributed by atoms with E-state index in [2.05, 4.69) is 17.0 Å². The highest BCUT2D eigenvalue weighted by Gasteiger charge is 2.54. The van der Waals surface area contributed by atoms with E-state index in [1.54, 1.807) is 6.08 Å². The van der Waals surface area contributed by atoms with Gasteiger partial charge in [-0.1, -0.05) is 94.4 Å². The van der Waals surface area contributed by atoms with Gasteiger partial charge in [0.2, 0.25) is 5.92 Å². The van der Waals surface area contributed by atoms with Gasteiger partial charge >= 0.3 is 0 Å². The van der Waals surface area contributed by atoms with Crippen LogP contribution in [0.5, 0.6) is 0 Å². The predicted molar refractivity (Wildman–Crippen MR) is 183 cm³/mol. The molecule has 1 saturated carbocycles. The molecule has 0 bridgehead atoms. The highest BCUT2D eigenvalue weighted by molar-refractivity contribution is 6.57. The summed E-state index contributed by atoms with van der Waals surface area (Å²) in [5.41, 5.74) is 5.48. The Hall–Kier alpha value is -3.22. The normalized spacial score (nSPS) is 19.0. The molecular weight excluding hydrogens is 670 g/mol. The number of halogens is 6. The highest BCUT2D eigenvalue weighted by Crippen LogP contribution is 2.62. The van der Waals surface area contributed by atoms with E-state index >= 15 is 0 Å². The molecule has 9 heteroatoms. The molecule has 1 aliphatic heterocycles. The molecule has 3 nitrogen and oxygen atoms in total. The van der Waals surface area contributed by atoms with Crippen molar-refractivity contribution in [1.82, 2.24) is 0 Å². The van der Waals surface area contributed by atoms with E-state index in [0.717, 1.165) is 50.1 Å². The maximum absolute atomic E-state index is 14.9.